The molecule has 152 valence electrons. The fourth-order valence-electron chi connectivity index (χ4n) is 3.56. The van der Waals surface area contributed by atoms with Gasteiger partial charge in [0.05, 0.1) is 5.69 Å². The zero-order chi connectivity index (χ0) is 20.4. The number of rotatable bonds is 5. The van der Waals surface area contributed by atoms with E-state index in [0.29, 0.717) is 16.8 Å². The van der Waals surface area contributed by atoms with E-state index in [9.17, 15) is 18.3 Å². The predicted octanol–water partition coefficient (Wildman–Crippen LogP) is 2.58. The minimum atomic E-state index is -4.68. The second-order valence-corrected chi connectivity index (χ2v) is 6.84. The molecule has 0 bridgehead atoms. The largest absolute Gasteiger partial charge is 0.508 e. The Bertz CT molecular complexity index is 976. The summed E-state index contributed by atoms with van der Waals surface area (Å²) in [4.78, 5) is 0. The first kappa shape index (κ1) is 19.3. The van der Waals surface area contributed by atoms with Crippen molar-refractivity contribution in [2.45, 2.75) is 31.2 Å². The third kappa shape index (κ3) is 4.08. The Morgan fingerprint density at radius 1 is 1.17 bits per heavy atom. The molecule has 29 heavy (non-hydrogen) atoms. The zero-order valence-electron chi connectivity index (χ0n) is 15.3. The lowest BCUT2D eigenvalue weighted by molar-refractivity contribution is -0.146. The van der Waals surface area contributed by atoms with Gasteiger partial charge < -0.3 is 15.7 Å². The van der Waals surface area contributed by atoms with Gasteiger partial charge >= 0.3 is 6.18 Å². The van der Waals surface area contributed by atoms with E-state index in [4.69, 9.17) is 0 Å². The zero-order valence-corrected chi connectivity index (χ0v) is 15.3. The highest BCUT2D eigenvalue weighted by Crippen LogP contribution is 2.30. The Kier molecular flexibility index (Phi) is 5.20. The van der Waals surface area contributed by atoms with Crippen molar-refractivity contribution in [3.05, 3.63) is 65.5 Å². The standard InChI is InChI=1S/C19H19F3N6O/c20-19(21,22)18-25-26-27-28(18)14-6-7-16(29)13(10-14)11-24-15-8-9-23-17(15)12-4-2-1-3-5-12/h1-7,10,15,17,23-24,29H,8-9,11H2/t15-,17-/m0/s1. The quantitative estimate of drug-likeness (QED) is 0.606. The molecular weight excluding hydrogens is 385 g/mol. The first-order valence-corrected chi connectivity index (χ1v) is 9.13. The maximum Gasteiger partial charge on any atom is 0.453 e. The van der Waals surface area contributed by atoms with Crippen molar-refractivity contribution < 1.29 is 18.3 Å². The highest BCUT2D eigenvalue weighted by Gasteiger charge is 2.38. The van der Waals surface area contributed by atoms with Crippen LogP contribution in [0.4, 0.5) is 13.2 Å². The van der Waals surface area contributed by atoms with Gasteiger partial charge in [-0.2, -0.15) is 17.9 Å². The van der Waals surface area contributed by atoms with Gasteiger partial charge in [0.15, 0.2) is 0 Å². The molecule has 0 unspecified atom stereocenters. The van der Waals surface area contributed by atoms with Gasteiger partial charge in [-0.1, -0.05) is 30.3 Å². The molecular formula is C19H19F3N6O. The molecule has 10 heteroatoms. The summed E-state index contributed by atoms with van der Waals surface area (Å²) in [5, 5.41) is 26.7. The highest BCUT2D eigenvalue weighted by atomic mass is 19.4. The van der Waals surface area contributed by atoms with Crippen molar-refractivity contribution in [3.63, 3.8) is 0 Å². The molecule has 1 saturated heterocycles. The third-order valence-corrected chi connectivity index (χ3v) is 4.97. The van der Waals surface area contributed by atoms with E-state index in [1.165, 1.54) is 18.2 Å². The summed E-state index contributed by atoms with van der Waals surface area (Å²) in [6.07, 6.45) is -3.79. The van der Waals surface area contributed by atoms with Crippen LogP contribution in [0.2, 0.25) is 0 Å². The first-order chi connectivity index (χ1) is 13.9. The Balaban J connectivity index is 1.53. The summed E-state index contributed by atoms with van der Waals surface area (Å²) in [6.45, 7) is 1.14. The number of hydrogen-bond donors (Lipinski definition) is 3. The minimum Gasteiger partial charge on any atom is -0.508 e. The molecule has 0 spiro atoms. The smallest absolute Gasteiger partial charge is 0.453 e. The monoisotopic (exact) mass is 404 g/mol. The van der Waals surface area contributed by atoms with Crippen LogP contribution in [-0.2, 0) is 12.7 Å². The molecule has 1 aromatic heterocycles. The summed E-state index contributed by atoms with van der Waals surface area (Å²) < 4.78 is 39.8. The molecule has 3 N–H and O–H groups in total. The van der Waals surface area contributed by atoms with Crippen LogP contribution in [0.3, 0.4) is 0 Å². The molecule has 0 amide bonds. The van der Waals surface area contributed by atoms with E-state index in [0.717, 1.165) is 18.5 Å². The maximum atomic E-state index is 13.1. The number of nitrogens with one attached hydrogen (secondary N) is 2. The van der Waals surface area contributed by atoms with E-state index < -0.39 is 12.0 Å². The number of phenolic OH excluding ortho intramolecular Hbond substituents is 1. The second kappa shape index (κ2) is 7.80. The van der Waals surface area contributed by atoms with Gasteiger partial charge in [0.25, 0.3) is 5.82 Å². The molecule has 0 radical (unpaired) electrons. The summed E-state index contributed by atoms with van der Waals surface area (Å²) in [5.74, 6) is -1.23. The Labute approximate surface area is 164 Å². The Hall–Kier alpha value is -2.98. The topological polar surface area (TPSA) is 87.9 Å². The Morgan fingerprint density at radius 2 is 1.97 bits per heavy atom. The van der Waals surface area contributed by atoms with Gasteiger partial charge in [0, 0.05) is 24.2 Å². The SMILES string of the molecule is Oc1ccc(-n2nnnc2C(F)(F)F)cc1CN[C@H]1CCN[C@H]1c1ccccc1. The van der Waals surface area contributed by atoms with Gasteiger partial charge in [0.2, 0.25) is 0 Å². The van der Waals surface area contributed by atoms with Gasteiger partial charge in [-0.25, -0.2) is 0 Å². The summed E-state index contributed by atoms with van der Waals surface area (Å²) in [5.41, 5.74) is 1.75. The molecule has 1 aliphatic heterocycles. The van der Waals surface area contributed by atoms with E-state index >= 15 is 0 Å². The third-order valence-electron chi connectivity index (χ3n) is 4.97. The van der Waals surface area contributed by atoms with Crippen molar-refractivity contribution in [1.82, 2.24) is 30.8 Å². The lowest BCUT2D eigenvalue weighted by atomic mass is 10.0. The van der Waals surface area contributed by atoms with Crippen molar-refractivity contribution in [3.8, 4) is 11.4 Å². The molecule has 0 aliphatic carbocycles. The molecule has 4 rings (SSSR count). The molecule has 1 fully saturated rings. The van der Waals surface area contributed by atoms with Crippen LogP contribution >= 0.6 is 0 Å². The molecule has 2 aromatic carbocycles. The normalized spacial score (nSPS) is 19.6. The number of halogens is 3. The van der Waals surface area contributed by atoms with Gasteiger partial charge in [-0.3, -0.25) is 0 Å². The number of tetrazole rings is 1. The predicted molar refractivity (Wildman–Crippen MR) is 98.3 cm³/mol. The summed E-state index contributed by atoms with van der Waals surface area (Å²) >= 11 is 0. The molecule has 0 saturated carbocycles. The summed E-state index contributed by atoms with van der Waals surface area (Å²) in [7, 11) is 0. The lowest BCUT2D eigenvalue weighted by Crippen LogP contribution is -2.34. The van der Waals surface area contributed by atoms with E-state index in [-0.39, 0.29) is 23.5 Å². The second-order valence-electron chi connectivity index (χ2n) is 6.84. The average Bonchev–Trinajstić information content (AvgIpc) is 3.37. The Morgan fingerprint density at radius 3 is 2.72 bits per heavy atom. The number of aromatic nitrogens is 4. The summed E-state index contributed by atoms with van der Waals surface area (Å²) in [6, 6.07) is 14.4. The fraction of sp³-hybridized carbons (Fsp3) is 0.316. The fourth-order valence-corrected chi connectivity index (χ4v) is 3.56. The van der Waals surface area contributed by atoms with Gasteiger partial charge in [0.1, 0.15) is 5.75 Å². The molecule has 3 aromatic rings. The molecule has 2 atom stereocenters. The van der Waals surface area contributed by atoms with Gasteiger partial charge in [-0.05, 0) is 47.2 Å². The first-order valence-electron chi connectivity index (χ1n) is 9.13. The van der Waals surface area contributed by atoms with E-state index in [2.05, 4.69) is 26.2 Å². The number of alkyl halides is 3. The van der Waals surface area contributed by atoms with Crippen LogP contribution in [0.15, 0.2) is 48.5 Å². The van der Waals surface area contributed by atoms with E-state index in [1.54, 1.807) is 0 Å². The van der Waals surface area contributed by atoms with Crippen molar-refractivity contribution in [1.29, 1.82) is 0 Å². The number of aromatic hydroxyl groups is 1. The highest BCUT2D eigenvalue weighted by molar-refractivity contribution is 5.43. The van der Waals surface area contributed by atoms with E-state index in [1.807, 2.05) is 30.3 Å². The number of benzene rings is 2. The van der Waals surface area contributed by atoms with Crippen molar-refractivity contribution >= 4 is 0 Å². The van der Waals surface area contributed by atoms with Crippen molar-refractivity contribution in [2.24, 2.45) is 0 Å². The number of phenols is 1. The van der Waals surface area contributed by atoms with Crippen molar-refractivity contribution in [2.75, 3.05) is 6.54 Å². The number of nitrogens with zero attached hydrogens (tertiary/aromatic N) is 4. The van der Waals surface area contributed by atoms with Crippen LogP contribution in [0.1, 0.15) is 29.4 Å². The molecule has 7 nitrogen and oxygen atoms in total. The number of hydrogen-bond acceptors (Lipinski definition) is 6. The van der Waals surface area contributed by atoms with Crippen LogP contribution in [-0.4, -0.2) is 37.9 Å². The lowest BCUT2D eigenvalue weighted by Gasteiger charge is -2.22. The molecule has 2 heterocycles. The minimum absolute atomic E-state index is 0.00917. The van der Waals surface area contributed by atoms with Gasteiger partial charge in [-0.15, -0.1) is 5.10 Å². The molecule has 1 aliphatic rings. The van der Waals surface area contributed by atoms with Crippen LogP contribution in [0.25, 0.3) is 5.69 Å². The maximum absolute atomic E-state index is 13.1. The van der Waals surface area contributed by atoms with Crippen LogP contribution in [0, 0.1) is 0 Å². The average molecular weight is 404 g/mol. The van der Waals surface area contributed by atoms with Crippen LogP contribution < -0.4 is 10.6 Å². The van der Waals surface area contributed by atoms with Crippen LogP contribution in [0.5, 0.6) is 5.75 Å².